The molecule has 154 valence electrons. The number of nitrogen functional groups attached to an aromatic ring is 1. The number of fused-ring (bicyclic) bond motifs is 1. The van der Waals surface area contributed by atoms with Crippen molar-refractivity contribution in [1.29, 1.82) is 10.5 Å². The van der Waals surface area contributed by atoms with E-state index in [0.717, 1.165) is 38.6 Å². The lowest BCUT2D eigenvalue weighted by molar-refractivity contribution is 1.15. The molecule has 0 saturated heterocycles. The second-order valence-corrected chi connectivity index (χ2v) is 7.31. The highest BCUT2D eigenvalue weighted by Gasteiger charge is 2.14. The number of benzene rings is 2. The summed E-state index contributed by atoms with van der Waals surface area (Å²) in [5.41, 5.74) is 11.8. The third-order valence-corrected chi connectivity index (χ3v) is 5.10. The molecule has 7 nitrogen and oxygen atoms in total. The summed E-state index contributed by atoms with van der Waals surface area (Å²) in [5, 5.41) is 22.6. The largest absolute Gasteiger partial charge is 0.383 e. The van der Waals surface area contributed by atoms with Gasteiger partial charge in [0, 0.05) is 11.5 Å². The summed E-state index contributed by atoms with van der Waals surface area (Å²) in [6.07, 6.45) is 6.15. The van der Waals surface area contributed by atoms with Gasteiger partial charge < -0.3 is 11.1 Å². The highest BCUT2D eigenvalue weighted by atomic mass is 15.1. The molecule has 0 bridgehead atoms. The van der Waals surface area contributed by atoms with Gasteiger partial charge in [0.15, 0.2) is 5.69 Å². The fraction of sp³-hybridized carbons (Fsp3) is 0.0800. The number of rotatable bonds is 4. The number of aromatic nitrogens is 3. The molecule has 0 aliphatic carbocycles. The number of nitrogens with two attached hydrogens (primary N) is 1. The van der Waals surface area contributed by atoms with Crippen molar-refractivity contribution in [3.63, 3.8) is 0 Å². The predicted octanol–water partition coefficient (Wildman–Crippen LogP) is 5.04. The first kappa shape index (κ1) is 20.5. The molecular formula is C25H19N7. The van der Waals surface area contributed by atoms with Gasteiger partial charge in [-0.15, -0.1) is 0 Å². The van der Waals surface area contributed by atoms with Crippen LogP contribution in [-0.2, 0) is 0 Å². The van der Waals surface area contributed by atoms with Crippen LogP contribution in [0.3, 0.4) is 0 Å². The lowest BCUT2D eigenvalue weighted by Crippen LogP contribution is -2.01. The van der Waals surface area contributed by atoms with Gasteiger partial charge in [-0.2, -0.15) is 10.5 Å². The van der Waals surface area contributed by atoms with E-state index in [-0.39, 0.29) is 5.69 Å². The Labute approximate surface area is 185 Å². The fourth-order valence-corrected chi connectivity index (χ4v) is 3.82. The first-order valence-electron chi connectivity index (χ1n) is 9.86. The molecule has 0 radical (unpaired) electrons. The van der Waals surface area contributed by atoms with Crippen LogP contribution in [0.1, 0.15) is 22.4 Å². The van der Waals surface area contributed by atoms with Crippen LogP contribution in [0.5, 0.6) is 0 Å². The Balaban J connectivity index is 1.83. The Morgan fingerprint density at radius 3 is 2.41 bits per heavy atom. The minimum Gasteiger partial charge on any atom is -0.383 e. The summed E-state index contributed by atoms with van der Waals surface area (Å²) in [4.78, 5) is 12.7. The number of anilines is 3. The molecule has 7 heteroatoms. The zero-order chi connectivity index (χ0) is 22.7. The highest BCUT2D eigenvalue weighted by molar-refractivity contribution is 6.03. The predicted molar refractivity (Wildman–Crippen MR) is 126 cm³/mol. The van der Waals surface area contributed by atoms with Crippen LogP contribution in [0.4, 0.5) is 17.5 Å². The summed E-state index contributed by atoms with van der Waals surface area (Å²) in [7, 11) is 0. The van der Waals surface area contributed by atoms with Gasteiger partial charge in [-0.25, -0.2) is 15.0 Å². The van der Waals surface area contributed by atoms with Gasteiger partial charge in [0.25, 0.3) is 0 Å². The highest BCUT2D eigenvalue weighted by Crippen LogP contribution is 2.37. The molecule has 2 aromatic heterocycles. The maximum absolute atomic E-state index is 8.90. The van der Waals surface area contributed by atoms with E-state index < -0.39 is 0 Å². The molecule has 0 fully saturated rings. The maximum Gasteiger partial charge on any atom is 0.158 e. The number of aryl methyl sites for hydroxylation is 2. The van der Waals surface area contributed by atoms with Crippen molar-refractivity contribution < 1.29 is 0 Å². The van der Waals surface area contributed by atoms with Crippen molar-refractivity contribution in [3.05, 3.63) is 77.3 Å². The molecule has 0 aliphatic rings. The lowest BCUT2D eigenvalue weighted by Gasteiger charge is -2.16. The number of hydrogen-bond acceptors (Lipinski definition) is 7. The van der Waals surface area contributed by atoms with E-state index in [0.29, 0.717) is 17.5 Å². The van der Waals surface area contributed by atoms with Gasteiger partial charge >= 0.3 is 0 Å². The van der Waals surface area contributed by atoms with Crippen LogP contribution in [0.25, 0.3) is 28.0 Å². The second-order valence-electron chi connectivity index (χ2n) is 7.31. The van der Waals surface area contributed by atoms with Crippen molar-refractivity contribution in [2.24, 2.45) is 0 Å². The minimum absolute atomic E-state index is 0.239. The van der Waals surface area contributed by atoms with Crippen LogP contribution in [0.15, 0.2) is 54.9 Å². The van der Waals surface area contributed by atoms with Crippen molar-refractivity contribution in [2.45, 2.75) is 13.8 Å². The summed E-state index contributed by atoms with van der Waals surface area (Å²) in [6.45, 7) is 4.11. The van der Waals surface area contributed by atoms with Gasteiger partial charge in [0.05, 0.1) is 18.5 Å². The molecule has 2 heterocycles. The lowest BCUT2D eigenvalue weighted by atomic mass is 9.90. The Hall–Kier alpha value is -4.75. The number of hydrogen-bond donors (Lipinski definition) is 2. The number of nitriles is 2. The maximum atomic E-state index is 8.90. The van der Waals surface area contributed by atoms with Gasteiger partial charge in [-0.05, 0) is 59.2 Å². The van der Waals surface area contributed by atoms with Crippen molar-refractivity contribution >= 4 is 34.3 Å². The summed E-state index contributed by atoms with van der Waals surface area (Å²) in [6, 6.07) is 16.0. The topological polar surface area (TPSA) is 124 Å². The average molecular weight is 417 g/mol. The van der Waals surface area contributed by atoms with Crippen molar-refractivity contribution in [2.75, 3.05) is 11.1 Å². The van der Waals surface area contributed by atoms with Crippen LogP contribution < -0.4 is 11.1 Å². The summed E-state index contributed by atoms with van der Waals surface area (Å²) < 4.78 is 0. The molecule has 0 atom stereocenters. The van der Waals surface area contributed by atoms with Crippen molar-refractivity contribution in [3.8, 4) is 23.3 Å². The number of nitrogens with one attached hydrogen (secondary N) is 1. The molecule has 3 N–H and O–H groups in total. The van der Waals surface area contributed by atoms with E-state index in [1.54, 1.807) is 6.08 Å². The number of pyridine rings is 1. The SMILES string of the molecule is Cc1cc(/C=C/C#N)cc(C)c1-c1cccc2c(N)nc(Nc3cnc(C#N)cn3)cc12. The normalized spacial score (nSPS) is 10.8. The van der Waals surface area contributed by atoms with Gasteiger partial charge in [-0.1, -0.05) is 30.3 Å². The minimum atomic E-state index is 0.239. The Morgan fingerprint density at radius 2 is 1.75 bits per heavy atom. The molecule has 4 rings (SSSR count). The fourth-order valence-electron chi connectivity index (χ4n) is 3.82. The van der Waals surface area contributed by atoms with Crippen LogP contribution >= 0.6 is 0 Å². The molecule has 2 aromatic carbocycles. The van der Waals surface area contributed by atoms with Gasteiger partial charge in [-0.3, -0.25) is 0 Å². The molecule has 0 spiro atoms. The smallest absolute Gasteiger partial charge is 0.158 e. The zero-order valence-electron chi connectivity index (χ0n) is 17.6. The summed E-state index contributed by atoms with van der Waals surface area (Å²) in [5.74, 6) is 1.40. The monoisotopic (exact) mass is 417 g/mol. The van der Waals surface area contributed by atoms with E-state index in [1.165, 1.54) is 18.5 Å². The van der Waals surface area contributed by atoms with Crippen LogP contribution in [0, 0.1) is 36.5 Å². The molecule has 0 unspecified atom stereocenters. The van der Waals surface area contributed by atoms with Crippen LogP contribution in [0.2, 0.25) is 0 Å². The third-order valence-electron chi connectivity index (χ3n) is 5.10. The first-order valence-corrected chi connectivity index (χ1v) is 9.86. The quantitative estimate of drug-likeness (QED) is 0.445. The van der Waals surface area contributed by atoms with E-state index in [2.05, 4.69) is 52.3 Å². The Bertz CT molecular complexity index is 1420. The molecular weight excluding hydrogens is 398 g/mol. The van der Waals surface area contributed by atoms with E-state index in [4.69, 9.17) is 16.3 Å². The molecule has 32 heavy (non-hydrogen) atoms. The zero-order valence-corrected chi connectivity index (χ0v) is 17.6. The first-order chi connectivity index (χ1) is 15.5. The Morgan fingerprint density at radius 1 is 0.969 bits per heavy atom. The summed E-state index contributed by atoms with van der Waals surface area (Å²) >= 11 is 0. The standard InChI is InChI=1S/C25H19N7/c1-15-9-17(5-4-8-26)10-16(2)24(15)19-6-3-7-20-21(19)11-22(32-25(20)28)31-23-14-29-18(12-27)13-30-23/h3-7,9-11,13-14H,1-2H3,(H3,28,30,31,32)/b5-4+. The molecule has 0 amide bonds. The van der Waals surface area contributed by atoms with E-state index >= 15 is 0 Å². The molecule has 4 aromatic rings. The Kier molecular flexibility index (Phi) is 5.48. The number of nitrogens with zero attached hydrogens (tertiary/aromatic N) is 5. The second kappa shape index (κ2) is 8.55. The average Bonchev–Trinajstić information content (AvgIpc) is 2.78. The molecule has 0 aliphatic heterocycles. The van der Waals surface area contributed by atoms with Crippen LogP contribution in [-0.4, -0.2) is 15.0 Å². The molecule has 0 saturated carbocycles. The van der Waals surface area contributed by atoms with E-state index in [9.17, 15) is 0 Å². The van der Waals surface area contributed by atoms with Crippen molar-refractivity contribution in [1.82, 2.24) is 15.0 Å². The number of allylic oxidation sites excluding steroid dienone is 1. The van der Waals surface area contributed by atoms with E-state index in [1.807, 2.05) is 30.3 Å². The van der Waals surface area contributed by atoms with Gasteiger partial charge in [0.2, 0.25) is 0 Å². The van der Waals surface area contributed by atoms with Gasteiger partial charge in [0.1, 0.15) is 23.5 Å². The third kappa shape index (κ3) is 3.96.